The van der Waals surface area contributed by atoms with E-state index < -0.39 is 11.9 Å². The molecule has 0 radical (unpaired) electrons. The molecule has 0 aliphatic heterocycles. The lowest BCUT2D eigenvalue weighted by atomic mass is 9.97. The molecule has 0 fully saturated rings. The summed E-state index contributed by atoms with van der Waals surface area (Å²) in [6, 6.07) is 5.50. The molecule has 0 spiro atoms. The number of nitrogens with zero attached hydrogens (tertiary/aromatic N) is 2. The van der Waals surface area contributed by atoms with Crippen LogP contribution in [0.5, 0.6) is 0 Å². The topological polar surface area (TPSA) is 81.0 Å². The second-order valence-corrected chi connectivity index (χ2v) is 5.50. The van der Waals surface area contributed by atoms with Gasteiger partial charge in [0.15, 0.2) is 0 Å². The van der Waals surface area contributed by atoms with Crippen molar-refractivity contribution in [1.82, 2.24) is 4.57 Å². The highest BCUT2D eigenvalue weighted by Gasteiger charge is 2.28. The van der Waals surface area contributed by atoms with Crippen LogP contribution in [-0.4, -0.2) is 23.7 Å². The molecule has 2 rings (SSSR count). The van der Waals surface area contributed by atoms with Gasteiger partial charge in [0, 0.05) is 24.5 Å². The van der Waals surface area contributed by atoms with E-state index in [1.807, 2.05) is 0 Å². The maximum atomic E-state index is 12.3. The number of carbonyl (C=O) groups is 1. The molecule has 1 unspecified atom stereocenters. The number of nitriles is 1. The Bertz CT molecular complexity index is 777. The number of carbonyl (C=O) groups excluding carboxylic acids is 1. The van der Waals surface area contributed by atoms with Crippen molar-refractivity contribution >= 4 is 40.1 Å². The molecule has 1 aromatic heterocycles. The maximum Gasteiger partial charge on any atom is 0.355 e. The first kappa shape index (κ1) is 16.6. The van der Waals surface area contributed by atoms with Crippen LogP contribution < -0.4 is 5.73 Å². The predicted molar refractivity (Wildman–Crippen MR) is 86.3 cm³/mol. The third-order valence-corrected chi connectivity index (χ3v) is 4.29. The van der Waals surface area contributed by atoms with Crippen molar-refractivity contribution in [2.45, 2.75) is 12.8 Å². The summed E-state index contributed by atoms with van der Waals surface area (Å²) in [5, 5.41) is 10.7. The van der Waals surface area contributed by atoms with Gasteiger partial charge in [-0.3, -0.25) is 0 Å². The number of aromatic nitrogens is 1. The molecule has 116 valence electrons. The van der Waals surface area contributed by atoms with Gasteiger partial charge in [-0.1, -0.05) is 29.3 Å². The van der Waals surface area contributed by atoms with E-state index in [1.54, 1.807) is 30.7 Å². The highest BCUT2D eigenvalue weighted by Crippen LogP contribution is 2.38. The van der Waals surface area contributed by atoms with Crippen LogP contribution in [0.2, 0.25) is 10.0 Å². The number of aryl methyl sites for hydroxylation is 1. The number of fused-ring (bicyclic) bond motifs is 1. The van der Waals surface area contributed by atoms with Gasteiger partial charge in [0.25, 0.3) is 0 Å². The van der Waals surface area contributed by atoms with Crippen molar-refractivity contribution < 1.29 is 9.53 Å². The molecule has 5 nitrogen and oxygen atoms in total. The minimum Gasteiger partial charge on any atom is -0.461 e. The van der Waals surface area contributed by atoms with Gasteiger partial charge in [-0.25, -0.2) is 4.79 Å². The van der Waals surface area contributed by atoms with Gasteiger partial charge in [-0.15, -0.1) is 0 Å². The van der Waals surface area contributed by atoms with Gasteiger partial charge in [0.1, 0.15) is 5.69 Å². The van der Waals surface area contributed by atoms with Crippen LogP contribution in [-0.2, 0) is 11.8 Å². The van der Waals surface area contributed by atoms with Crippen molar-refractivity contribution in [2.24, 2.45) is 12.8 Å². The van der Waals surface area contributed by atoms with E-state index >= 15 is 0 Å². The number of rotatable bonds is 4. The summed E-state index contributed by atoms with van der Waals surface area (Å²) < 4.78 is 6.71. The van der Waals surface area contributed by atoms with Crippen LogP contribution in [0.1, 0.15) is 28.9 Å². The highest BCUT2D eigenvalue weighted by atomic mass is 35.5. The number of hydrogen-bond acceptors (Lipinski definition) is 4. The second kappa shape index (κ2) is 6.57. The molecule has 22 heavy (non-hydrogen) atoms. The smallest absolute Gasteiger partial charge is 0.355 e. The molecule has 7 heteroatoms. The minimum absolute atomic E-state index is 0.0856. The fraction of sp³-hybridized carbons (Fsp3) is 0.333. The van der Waals surface area contributed by atoms with E-state index in [0.29, 0.717) is 26.5 Å². The number of nitrogens with two attached hydrogens (primary N) is 1. The van der Waals surface area contributed by atoms with Crippen molar-refractivity contribution in [3.8, 4) is 6.07 Å². The highest BCUT2D eigenvalue weighted by molar-refractivity contribution is 6.45. The SMILES string of the molecule is CCOC(=O)c1c(C(C#N)CN)c2ccc(Cl)c(Cl)c2n1C. The molecule has 0 aliphatic carbocycles. The molecule has 0 amide bonds. The Labute approximate surface area is 138 Å². The van der Waals surface area contributed by atoms with E-state index in [0.717, 1.165) is 0 Å². The summed E-state index contributed by atoms with van der Waals surface area (Å²) >= 11 is 12.3. The average molecular weight is 340 g/mol. The third-order valence-electron chi connectivity index (χ3n) is 3.49. The lowest BCUT2D eigenvalue weighted by Gasteiger charge is -2.10. The van der Waals surface area contributed by atoms with Crippen molar-refractivity contribution in [3.63, 3.8) is 0 Å². The first-order valence-corrected chi connectivity index (χ1v) is 7.46. The fourth-order valence-corrected chi connectivity index (χ4v) is 2.98. The molecular weight excluding hydrogens is 325 g/mol. The van der Waals surface area contributed by atoms with E-state index in [2.05, 4.69) is 6.07 Å². The molecule has 1 atom stereocenters. The van der Waals surface area contributed by atoms with Crippen LogP contribution in [0.15, 0.2) is 12.1 Å². The van der Waals surface area contributed by atoms with E-state index in [-0.39, 0.29) is 18.8 Å². The number of benzene rings is 1. The summed E-state index contributed by atoms with van der Waals surface area (Å²) in [4.78, 5) is 12.3. The van der Waals surface area contributed by atoms with E-state index in [9.17, 15) is 10.1 Å². The maximum absolute atomic E-state index is 12.3. The molecule has 1 aromatic carbocycles. The standard InChI is InChI=1S/C15H15Cl2N3O2/c1-3-22-15(21)14-11(8(6-18)7-19)9-4-5-10(16)12(17)13(9)20(14)2/h4-5,8H,3,6,18H2,1-2H3. The first-order valence-electron chi connectivity index (χ1n) is 6.70. The van der Waals surface area contributed by atoms with Gasteiger partial charge < -0.3 is 15.0 Å². The van der Waals surface area contributed by atoms with E-state index in [1.165, 1.54) is 0 Å². The molecule has 1 heterocycles. The normalized spacial score (nSPS) is 12.2. The lowest BCUT2D eigenvalue weighted by Crippen LogP contribution is -2.17. The largest absolute Gasteiger partial charge is 0.461 e. The zero-order valence-corrected chi connectivity index (χ0v) is 13.7. The lowest BCUT2D eigenvalue weighted by molar-refractivity contribution is 0.0514. The molecular formula is C15H15Cl2N3O2. The molecule has 0 bridgehead atoms. The zero-order valence-electron chi connectivity index (χ0n) is 12.2. The van der Waals surface area contributed by atoms with Crippen molar-refractivity contribution in [3.05, 3.63) is 33.4 Å². The molecule has 2 aromatic rings. The number of ether oxygens (including phenoxy) is 1. The summed E-state index contributed by atoms with van der Waals surface area (Å²) in [5.41, 5.74) is 7.07. The number of esters is 1. The zero-order chi connectivity index (χ0) is 16.4. The Hall–Kier alpha value is -1.74. The Morgan fingerprint density at radius 2 is 2.18 bits per heavy atom. The van der Waals surface area contributed by atoms with Crippen LogP contribution in [0, 0.1) is 11.3 Å². The predicted octanol–water partition coefficient (Wildman–Crippen LogP) is 3.23. The van der Waals surface area contributed by atoms with Crippen molar-refractivity contribution in [2.75, 3.05) is 13.2 Å². The quantitative estimate of drug-likeness (QED) is 0.867. The summed E-state index contributed by atoms with van der Waals surface area (Å²) in [5.74, 6) is -1.16. The molecule has 0 aliphatic rings. The Kier molecular flexibility index (Phi) is 4.97. The molecule has 0 saturated heterocycles. The molecule has 2 N–H and O–H groups in total. The summed E-state index contributed by atoms with van der Waals surface area (Å²) in [7, 11) is 1.69. The van der Waals surface area contributed by atoms with Gasteiger partial charge in [-0.2, -0.15) is 5.26 Å². The van der Waals surface area contributed by atoms with Gasteiger partial charge in [0.05, 0.1) is 34.2 Å². The van der Waals surface area contributed by atoms with Crippen LogP contribution in [0.25, 0.3) is 10.9 Å². The first-order chi connectivity index (χ1) is 10.5. The van der Waals surface area contributed by atoms with Gasteiger partial charge in [-0.05, 0) is 13.0 Å². The third kappa shape index (κ3) is 2.54. The van der Waals surface area contributed by atoms with Crippen LogP contribution in [0.3, 0.4) is 0 Å². The monoisotopic (exact) mass is 339 g/mol. The molecule has 0 saturated carbocycles. The van der Waals surface area contributed by atoms with Crippen LogP contribution >= 0.6 is 23.2 Å². The average Bonchev–Trinajstić information content (AvgIpc) is 2.78. The number of hydrogen-bond donors (Lipinski definition) is 1. The van der Waals surface area contributed by atoms with Crippen LogP contribution in [0.4, 0.5) is 0 Å². The number of halogens is 2. The minimum atomic E-state index is -0.639. The Balaban J connectivity index is 2.89. The van der Waals surface area contributed by atoms with Crippen molar-refractivity contribution in [1.29, 1.82) is 5.26 Å². The van der Waals surface area contributed by atoms with Gasteiger partial charge in [0.2, 0.25) is 0 Å². The fourth-order valence-electron chi connectivity index (χ4n) is 2.54. The van der Waals surface area contributed by atoms with Gasteiger partial charge >= 0.3 is 5.97 Å². The summed E-state index contributed by atoms with van der Waals surface area (Å²) in [6.45, 7) is 2.03. The van der Waals surface area contributed by atoms with E-state index in [4.69, 9.17) is 33.7 Å². The Morgan fingerprint density at radius 1 is 1.50 bits per heavy atom. The second-order valence-electron chi connectivity index (χ2n) is 4.72. The Morgan fingerprint density at radius 3 is 2.73 bits per heavy atom. The summed E-state index contributed by atoms with van der Waals surface area (Å²) in [6.07, 6.45) is 0.